The lowest BCUT2D eigenvalue weighted by atomic mass is 9.92. The third kappa shape index (κ3) is 4.75. The molecule has 0 saturated heterocycles. The molecule has 164 valence electrons. The number of aliphatic hydroxyl groups is 1. The molecule has 0 unspecified atom stereocenters. The summed E-state index contributed by atoms with van der Waals surface area (Å²) >= 11 is 0. The maximum Gasteiger partial charge on any atom is 0.229 e. The number of aromatic nitrogens is 2. The number of imidazole rings is 1. The van der Waals surface area contributed by atoms with Crippen LogP contribution in [-0.4, -0.2) is 20.6 Å². The first-order chi connectivity index (χ1) is 13.9. The number of anilines is 1. The monoisotopic (exact) mass is 424 g/mol. The second-order valence-corrected chi connectivity index (χ2v) is 8.66. The van der Waals surface area contributed by atoms with Gasteiger partial charge in [0.05, 0.1) is 29.6 Å². The molecular formula is C24H29FN4O2. The van der Waals surface area contributed by atoms with Crippen molar-refractivity contribution in [2.45, 2.75) is 59.6 Å². The van der Waals surface area contributed by atoms with Gasteiger partial charge in [-0.2, -0.15) is 0 Å². The van der Waals surface area contributed by atoms with Gasteiger partial charge in [-0.05, 0) is 58.4 Å². The molecule has 1 atom stereocenters. The first-order valence-electron chi connectivity index (χ1n) is 9.62. The Morgan fingerprint density at radius 1 is 1.26 bits per heavy atom. The Morgan fingerprint density at radius 2 is 1.90 bits per heavy atom. The van der Waals surface area contributed by atoms with Crippen LogP contribution in [0.3, 0.4) is 0 Å². The minimum atomic E-state index is -1.68. The maximum atomic E-state index is 14.1. The number of fused-ring (bicyclic) bond motifs is 1. The molecule has 0 aliphatic carbocycles. The van der Waals surface area contributed by atoms with Crippen molar-refractivity contribution in [1.29, 1.82) is 0 Å². The predicted octanol–water partition coefficient (Wildman–Crippen LogP) is 5.66. The Kier molecular flexibility index (Phi) is 6.57. The van der Waals surface area contributed by atoms with Crippen LogP contribution in [0.25, 0.3) is 15.9 Å². The summed E-state index contributed by atoms with van der Waals surface area (Å²) in [4.78, 5) is 20.9. The molecule has 0 radical (unpaired) electrons. The summed E-state index contributed by atoms with van der Waals surface area (Å²) < 4.78 is 16.0. The quantitative estimate of drug-likeness (QED) is 0.531. The number of carbonyl (C=O) groups is 1. The second kappa shape index (κ2) is 8.48. The molecule has 0 bridgehead atoms. The minimum absolute atomic E-state index is 0. The van der Waals surface area contributed by atoms with E-state index in [1.807, 2.05) is 38.3 Å². The number of rotatable bonds is 4. The zero-order valence-electron chi connectivity index (χ0n) is 17.7. The molecule has 1 aromatic heterocycles. The van der Waals surface area contributed by atoms with E-state index in [4.69, 9.17) is 6.57 Å². The Hall–Kier alpha value is -3.24. The van der Waals surface area contributed by atoms with E-state index in [1.54, 1.807) is 12.1 Å². The summed E-state index contributed by atoms with van der Waals surface area (Å²) in [7, 11) is 0. The molecule has 0 fully saturated rings. The number of amides is 1. The number of benzene rings is 2. The second-order valence-electron chi connectivity index (χ2n) is 8.66. The largest absolute Gasteiger partial charge is 0.385 e. The molecule has 31 heavy (non-hydrogen) atoms. The van der Waals surface area contributed by atoms with Crippen molar-refractivity contribution in [3.05, 3.63) is 64.8 Å². The molecule has 7 heteroatoms. The van der Waals surface area contributed by atoms with Crippen LogP contribution in [0, 0.1) is 19.3 Å². The molecule has 2 aromatic carbocycles. The molecule has 1 amide bonds. The third-order valence-corrected chi connectivity index (χ3v) is 4.97. The van der Waals surface area contributed by atoms with Gasteiger partial charge in [0, 0.05) is 11.1 Å². The Morgan fingerprint density at radius 3 is 2.48 bits per heavy atom. The number of carbonyl (C=O) groups excluding carboxylic acids is 1. The number of hydrogen-bond donors (Lipinski definition) is 2. The summed E-state index contributed by atoms with van der Waals surface area (Å²) in [6.07, 6.45) is -0.340. The van der Waals surface area contributed by atoms with Crippen molar-refractivity contribution in [2.75, 3.05) is 5.32 Å². The van der Waals surface area contributed by atoms with Crippen LogP contribution in [0.5, 0.6) is 0 Å². The molecule has 0 saturated carbocycles. The highest BCUT2D eigenvalue weighted by Gasteiger charge is 2.31. The van der Waals surface area contributed by atoms with E-state index in [2.05, 4.69) is 15.1 Å². The van der Waals surface area contributed by atoms with Crippen LogP contribution in [0.1, 0.15) is 52.7 Å². The van der Waals surface area contributed by atoms with Crippen LogP contribution in [-0.2, 0) is 15.9 Å². The smallest absolute Gasteiger partial charge is 0.229 e. The van der Waals surface area contributed by atoms with Gasteiger partial charge in [0.1, 0.15) is 5.82 Å². The highest BCUT2D eigenvalue weighted by Crippen LogP contribution is 2.33. The fraction of sp³-hybridized carbons (Fsp3) is 0.375. The van der Waals surface area contributed by atoms with Gasteiger partial charge < -0.3 is 9.67 Å². The number of nitrogens with one attached hydrogen (secondary N) is 1. The third-order valence-electron chi connectivity index (χ3n) is 4.97. The fourth-order valence-corrected chi connectivity index (χ4v) is 3.58. The number of halogens is 1. The summed E-state index contributed by atoms with van der Waals surface area (Å²) in [6, 6.07) is 9.43. The van der Waals surface area contributed by atoms with E-state index in [1.165, 1.54) is 25.1 Å². The van der Waals surface area contributed by atoms with Crippen molar-refractivity contribution >= 4 is 28.6 Å². The van der Waals surface area contributed by atoms with Crippen molar-refractivity contribution < 1.29 is 14.3 Å². The van der Waals surface area contributed by atoms with Gasteiger partial charge in [-0.25, -0.2) is 14.2 Å². The Bertz CT molecular complexity index is 1170. The SMILES string of the molecule is C.[C-]#[N+]c1cc2c(cc1C)nc(NC(=O)C[C@@](C)(O)c1ccccc1F)n2C(C)(C)C. The normalized spacial score (nSPS) is 13.2. The Balaban J connectivity index is 0.00000341. The summed E-state index contributed by atoms with van der Waals surface area (Å²) in [5.74, 6) is -0.751. The average Bonchev–Trinajstić information content (AvgIpc) is 2.97. The highest BCUT2D eigenvalue weighted by atomic mass is 19.1. The minimum Gasteiger partial charge on any atom is -0.385 e. The highest BCUT2D eigenvalue weighted by molar-refractivity contribution is 5.93. The molecule has 0 aliphatic rings. The molecule has 6 nitrogen and oxygen atoms in total. The van der Waals surface area contributed by atoms with Gasteiger partial charge >= 0.3 is 0 Å². The summed E-state index contributed by atoms with van der Waals surface area (Å²) in [5, 5.41) is 13.5. The molecule has 3 rings (SSSR count). The molecular weight excluding hydrogens is 395 g/mol. The van der Waals surface area contributed by atoms with E-state index in [0.717, 1.165) is 11.1 Å². The summed E-state index contributed by atoms with van der Waals surface area (Å²) in [6.45, 7) is 16.5. The standard InChI is InChI=1S/C23H25FN4O2.CH4/c1-14-11-18-19(12-17(14)25-6)28(22(2,3)4)21(26-18)27-20(29)13-23(5,30)15-9-7-8-10-16(15)24;/h7-12,30H,13H2,1-5H3,(H,26,27,29);1H4/t23-;/m1./s1. The first-order valence-corrected chi connectivity index (χ1v) is 9.62. The average molecular weight is 425 g/mol. The van der Waals surface area contributed by atoms with Crippen molar-refractivity contribution in [3.63, 3.8) is 0 Å². The molecule has 0 aliphatic heterocycles. The zero-order valence-corrected chi connectivity index (χ0v) is 17.7. The Labute approximate surface area is 182 Å². The van der Waals surface area contributed by atoms with Crippen molar-refractivity contribution in [3.8, 4) is 0 Å². The lowest BCUT2D eigenvalue weighted by Crippen LogP contribution is -2.31. The van der Waals surface area contributed by atoms with E-state index in [-0.39, 0.29) is 19.4 Å². The van der Waals surface area contributed by atoms with E-state index in [0.29, 0.717) is 17.2 Å². The van der Waals surface area contributed by atoms with E-state index >= 15 is 0 Å². The van der Waals surface area contributed by atoms with Gasteiger partial charge in [-0.1, -0.05) is 25.6 Å². The lowest BCUT2D eigenvalue weighted by Gasteiger charge is -2.26. The number of hydrogen-bond acceptors (Lipinski definition) is 3. The predicted molar refractivity (Wildman–Crippen MR) is 122 cm³/mol. The van der Waals surface area contributed by atoms with Gasteiger partial charge in [-0.15, -0.1) is 0 Å². The lowest BCUT2D eigenvalue weighted by molar-refractivity contribution is -0.120. The fourth-order valence-electron chi connectivity index (χ4n) is 3.58. The zero-order chi connectivity index (χ0) is 22.3. The number of nitrogens with zero attached hydrogens (tertiary/aromatic N) is 3. The van der Waals surface area contributed by atoms with Crippen LogP contribution in [0.15, 0.2) is 36.4 Å². The van der Waals surface area contributed by atoms with Crippen LogP contribution >= 0.6 is 0 Å². The first kappa shape index (κ1) is 24.0. The molecule has 3 aromatic rings. The molecule has 0 spiro atoms. The number of aryl methyl sites for hydroxylation is 1. The summed E-state index contributed by atoms with van der Waals surface area (Å²) in [5.41, 5.74) is 0.662. The molecule has 2 N–H and O–H groups in total. The van der Waals surface area contributed by atoms with Crippen molar-refractivity contribution in [2.24, 2.45) is 0 Å². The van der Waals surface area contributed by atoms with Crippen LogP contribution in [0.4, 0.5) is 16.0 Å². The van der Waals surface area contributed by atoms with Gasteiger partial charge in [0.15, 0.2) is 5.69 Å². The molecule has 1 heterocycles. The van der Waals surface area contributed by atoms with Gasteiger partial charge in [0.2, 0.25) is 11.9 Å². The van der Waals surface area contributed by atoms with Gasteiger partial charge in [0.25, 0.3) is 0 Å². The maximum absolute atomic E-state index is 14.1. The van der Waals surface area contributed by atoms with Crippen molar-refractivity contribution in [1.82, 2.24) is 9.55 Å². The van der Waals surface area contributed by atoms with Crippen LogP contribution in [0.2, 0.25) is 0 Å². The van der Waals surface area contributed by atoms with E-state index < -0.39 is 22.9 Å². The topological polar surface area (TPSA) is 71.5 Å². The van der Waals surface area contributed by atoms with Crippen LogP contribution < -0.4 is 5.32 Å². The van der Waals surface area contributed by atoms with Gasteiger partial charge in [-0.3, -0.25) is 10.1 Å². The van der Waals surface area contributed by atoms with E-state index in [9.17, 15) is 14.3 Å².